The van der Waals surface area contributed by atoms with Crippen molar-refractivity contribution < 1.29 is 17.9 Å². The number of carbonyl (C=O) groups is 1. The molecule has 0 aliphatic rings. The molecular formula is C20H22N2O4S2. The van der Waals surface area contributed by atoms with E-state index in [1.807, 2.05) is 18.2 Å². The number of sulfonamides is 1. The van der Waals surface area contributed by atoms with Crippen LogP contribution in [0.1, 0.15) is 32.3 Å². The van der Waals surface area contributed by atoms with E-state index in [0.29, 0.717) is 5.92 Å². The van der Waals surface area contributed by atoms with Crippen molar-refractivity contribution in [3.05, 3.63) is 58.9 Å². The first-order valence-corrected chi connectivity index (χ1v) is 11.2. The third-order valence-electron chi connectivity index (χ3n) is 4.21. The highest BCUT2D eigenvalue weighted by atomic mass is 32.2. The van der Waals surface area contributed by atoms with Gasteiger partial charge in [-0.25, -0.2) is 0 Å². The van der Waals surface area contributed by atoms with E-state index in [9.17, 15) is 13.2 Å². The lowest BCUT2D eigenvalue weighted by atomic mass is 10.0. The van der Waals surface area contributed by atoms with Crippen molar-refractivity contribution >= 4 is 37.5 Å². The first kappa shape index (κ1) is 20.3. The minimum absolute atomic E-state index is 0.0992. The molecule has 8 heteroatoms. The number of fused-ring (bicyclic) bond motifs is 1. The van der Waals surface area contributed by atoms with Gasteiger partial charge in [-0.1, -0.05) is 49.4 Å². The van der Waals surface area contributed by atoms with Crippen LogP contribution in [0.3, 0.4) is 0 Å². The Hall–Kier alpha value is -2.45. The lowest BCUT2D eigenvalue weighted by molar-refractivity contribution is -0.143. The Labute approximate surface area is 168 Å². The largest absolute Gasteiger partial charge is 0.465 e. The second-order valence-electron chi connectivity index (χ2n) is 6.54. The summed E-state index contributed by atoms with van der Waals surface area (Å²) in [6.07, 6.45) is 0. The molecule has 0 N–H and O–H groups in total. The van der Waals surface area contributed by atoms with Crippen molar-refractivity contribution in [3.63, 3.8) is 0 Å². The average molecular weight is 419 g/mol. The lowest BCUT2D eigenvalue weighted by Crippen LogP contribution is -2.23. The lowest BCUT2D eigenvalue weighted by Gasteiger charge is -2.07. The van der Waals surface area contributed by atoms with Gasteiger partial charge >= 0.3 is 5.97 Å². The fourth-order valence-electron chi connectivity index (χ4n) is 2.76. The van der Waals surface area contributed by atoms with Gasteiger partial charge in [-0.05, 0) is 42.7 Å². The Bertz CT molecular complexity index is 1160. The van der Waals surface area contributed by atoms with Crippen LogP contribution in [-0.2, 0) is 26.1 Å². The second-order valence-corrected chi connectivity index (χ2v) is 9.15. The highest BCUT2D eigenvalue weighted by Crippen LogP contribution is 2.24. The zero-order chi connectivity index (χ0) is 20.3. The van der Waals surface area contributed by atoms with Gasteiger partial charge < -0.3 is 9.30 Å². The number of hydrogen-bond donors (Lipinski definition) is 0. The number of rotatable bonds is 6. The summed E-state index contributed by atoms with van der Waals surface area (Å²) in [5, 5.41) is 0. The van der Waals surface area contributed by atoms with Crippen molar-refractivity contribution in [1.29, 1.82) is 0 Å². The van der Waals surface area contributed by atoms with Gasteiger partial charge in [-0.3, -0.25) is 4.79 Å². The van der Waals surface area contributed by atoms with Crippen LogP contribution in [0.5, 0.6) is 0 Å². The third kappa shape index (κ3) is 4.34. The summed E-state index contributed by atoms with van der Waals surface area (Å²) in [4.78, 5) is 12.4. The van der Waals surface area contributed by atoms with E-state index in [1.54, 1.807) is 29.7 Å². The number of ether oxygens (including phenoxy) is 1. The molecule has 2 aromatic carbocycles. The van der Waals surface area contributed by atoms with Gasteiger partial charge in [-0.15, -0.1) is 4.40 Å². The summed E-state index contributed by atoms with van der Waals surface area (Å²) in [7, 11) is -3.90. The van der Waals surface area contributed by atoms with Gasteiger partial charge in [0.25, 0.3) is 10.0 Å². The fourth-order valence-corrected chi connectivity index (χ4v) is 5.06. The Morgan fingerprint density at radius 1 is 1.18 bits per heavy atom. The molecule has 1 aromatic heterocycles. The molecular weight excluding hydrogens is 396 g/mol. The maximum Gasteiger partial charge on any atom is 0.326 e. The van der Waals surface area contributed by atoms with Crippen molar-refractivity contribution in [1.82, 2.24) is 4.57 Å². The number of hydrogen-bond acceptors (Lipinski definition) is 5. The molecule has 148 valence electrons. The van der Waals surface area contributed by atoms with E-state index >= 15 is 0 Å². The van der Waals surface area contributed by atoms with Crippen LogP contribution in [0.25, 0.3) is 10.2 Å². The molecule has 0 atom stereocenters. The van der Waals surface area contributed by atoms with Crippen LogP contribution in [-0.4, -0.2) is 25.6 Å². The first-order valence-electron chi connectivity index (χ1n) is 8.97. The summed E-state index contributed by atoms with van der Waals surface area (Å²) in [5.74, 6) is -0.104. The molecule has 0 aliphatic heterocycles. The van der Waals surface area contributed by atoms with Crippen LogP contribution < -0.4 is 4.80 Å². The van der Waals surface area contributed by atoms with Crippen LogP contribution in [0.2, 0.25) is 0 Å². The van der Waals surface area contributed by atoms with Gasteiger partial charge in [0.1, 0.15) is 6.54 Å². The van der Waals surface area contributed by atoms with Gasteiger partial charge in [0.05, 0.1) is 21.7 Å². The molecule has 0 amide bonds. The zero-order valence-corrected chi connectivity index (χ0v) is 17.6. The molecule has 3 aromatic rings. The Kier molecular flexibility index (Phi) is 6.00. The predicted octanol–water partition coefficient (Wildman–Crippen LogP) is 3.68. The molecule has 0 unspecified atom stereocenters. The second kappa shape index (κ2) is 8.28. The molecule has 28 heavy (non-hydrogen) atoms. The average Bonchev–Trinajstić information content (AvgIpc) is 2.98. The monoisotopic (exact) mass is 418 g/mol. The number of esters is 1. The molecule has 3 rings (SSSR count). The maximum absolute atomic E-state index is 12.7. The van der Waals surface area contributed by atoms with Gasteiger partial charge in [0, 0.05) is 0 Å². The Balaban J connectivity index is 2.20. The summed E-state index contributed by atoms with van der Waals surface area (Å²) in [6.45, 7) is 6.07. The number of thiazole rings is 1. The summed E-state index contributed by atoms with van der Waals surface area (Å²) >= 11 is 1.25. The maximum atomic E-state index is 12.7. The SMILES string of the molecule is CCOC(=O)Cn1/c(=N/S(=O)(=O)c2ccccc2)sc2cc(C(C)C)ccc21. The van der Waals surface area contributed by atoms with E-state index in [2.05, 4.69) is 18.2 Å². The van der Waals surface area contributed by atoms with E-state index in [1.165, 1.54) is 23.5 Å². The van der Waals surface area contributed by atoms with Crippen LogP contribution in [0.15, 0.2) is 57.8 Å². The molecule has 0 fully saturated rings. The molecule has 0 bridgehead atoms. The first-order chi connectivity index (χ1) is 13.3. The molecule has 1 heterocycles. The van der Waals surface area contributed by atoms with Crippen molar-refractivity contribution in [3.8, 4) is 0 Å². The topological polar surface area (TPSA) is 77.7 Å². The molecule has 0 spiro atoms. The van der Waals surface area contributed by atoms with Crippen molar-refractivity contribution in [2.24, 2.45) is 4.40 Å². The fraction of sp³-hybridized carbons (Fsp3) is 0.300. The highest BCUT2D eigenvalue weighted by molar-refractivity contribution is 7.90. The Morgan fingerprint density at radius 2 is 1.89 bits per heavy atom. The number of carbonyl (C=O) groups excluding carboxylic acids is 1. The van der Waals surface area contributed by atoms with E-state index < -0.39 is 16.0 Å². The van der Waals surface area contributed by atoms with Crippen molar-refractivity contribution in [2.45, 2.75) is 38.1 Å². The highest BCUT2D eigenvalue weighted by Gasteiger charge is 2.17. The standard InChI is InChI=1S/C20H22N2O4S2/c1-4-26-19(23)13-22-17-11-10-15(14(2)3)12-18(17)27-20(22)21-28(24,25)16-8-6-5-7-9-16/h5-12,14H,4,13H2,1-3H3/b21-20-. The van der Waals surface area contributed by atoms with Gasteiger partial charge in [0.2, 0.25) is 4.80 Å². The quantitative estimate of drug-likeness (QED) is 0.572. The van der Waals surface area contributed by atoms with Crippen LogP contribution in [0, 0.1) is 0 Å². The third-order valence-corrected chi connectivity index (χ3v) is 6.64. The minimum atomic E-state index is -3.90. The zero-order valence-electron chi connectivity index (χ0n) is 16.0. The van der Waals surface area contributed by atoms with Crippen molar-refractivity contribution in [2.75, 3.05) is 6.61 Å². The van der Waals surface area contributed by atoms with E-state index in [-0.39, 0.29) is 22.8 Å². The molecule has 0 saturated heterocycles. The molecule has 0 radical (unpaired) electrons. The summed E-state index contributed by atoms with van der Waals surface area (Å²) in [5.41, 5.74) is 1.89. The summed E-state index contributed by atoms with van der Waals surface area (Å²) in [6, 6.07) is 13.9. The minimum Gasteiger partial charge on any atom is -0.465 e. The van der Waals surface area contributed by atoms with Crippen LogP contribution in [0.4, 0.5) is 0 Å². The number of benzene rings is 2. The molecule has 6 nitrogen and oxygen atoms in total. The van der Waals surface area contributed by atoms with Gasteiger partial charge in [-0.2, -0.15) is 8.42 Å². The normalized spacial score (nSPS) is 12.6. The number of aromatic nitrogens is 1. The predicted molar refractivity (Wildman–Crippen MR) is 110 cm³/mol. The van der Waals surface area contributed by atoms with Crippen LogP contribution >= 0.6 is 11.3 Å². The Morgan fingerprint density at radius 3 is 2.54 bits per heavy atom. The molecule has 0 aliphatic carbocycles. The number of nitrogens with zero attached hydrogens (tertiary/aromatic N) is 2. The van der Waals surface area contributed by atoms with E-state index in [4.69, 9.17) is 4.74 Å². The smallest absolute Gasteiger partial charge is 0.326 e. The van der Waals surface area contributed by atoms with Gasteiger partial charge in [0.15, 0.2) is 0 Å². The van der Waals surface area contributed by atoms with E-state index in [0.717, 1.165) is 15.8 Å². The molecule has 0 saturated carbocycles. The summed E-state index contributed by atoms with van der Waals surface area (Å²) < 4.78 is 37.0.